The minimum absolute atomic E-state index is 0.00874. The zero-order valence-corrected chi connectivity index (χ0v) is 26.1. The van der Waals surface area contributed by atoms with E-state index in [9.17, 15) is 28.1 Å². The smallest absolute Gasteiger partial charge is 0.407 e. The Kier molecular flexibility index (Phi) is 8.44. The number of nitrogens with zero attached hydrogens (tertiary/aromatic N) is 4. The van der Waals surface area contributed by atoms with Gasteiger partial charge in [-0.3, -0.25) is 9.36 Å². The minimum atomic E-state index is -4.46. The molecule has 2 heterocycles. The van der Waals surface area contributed by atoms with Crippen LogP contribution in [0, 0.1) is 11.3 Å². The Morgan fingerprint density at radius 1 is 1.02 bits per heavy atom. The molecule has 1 aromatic heterocycles. The number of aromatic nitrogens is 2. The Bertz CT molecular complexity index is 1950. The van der Waals surface area contributed by atoms with Crippen LogP contribution in [-0.4, -0.2) is 65.7 Å². The molecule has 13 heteroatoms. The fourth-order valence-corrected chi connectivity index (χ4v) is 6.76. The number of rotatable bonds is 7. The Hall–Kier alpha value is -5.09. The van der Waals surface area contributed by atoms with E-state index in [-0.39, 0.29) is 40.6 Å². The highest BCUT2D eigenvalue weighted by atomic mass is 32.2. The lowest BCUT2D eigenvalue weighted by Gasteiger charge is -2.25. The van der Waals surface area contributed by atoms with E-state index >= 15 is 0 Å². The highest BCUT2D eigenvalue weighted by Gasteiger charge is 2.37. The summed E-state index contributed by atoms with van der Waals surface area (Å²) in [5, 5.41) is 12.5. The summed E-state index contributed by atoms with van der Waals surface area (Å²) >= 11 is 0. The third-order valence-electron chi connectivity index (χ3n) is 7.39. The first-order valence-corrected chi connectivity index (χ1v) is 15.7. The minimum Gasteiger partial charge on any atom is -0.497 e. The number of benzene rings is 3. The van der Waals surface area contributed by atoms with Gasteiger partial charge in [0.15, 0.2) is 0 Å². The molecule has 1 N–H and O–H groups in total. The highest BCUT2D eigenvalue weighted by molar-refractivity contribution is 7.90. The maximum absolute atomic E-state index is 14.3. The molecule has 45 heavy (non-hydrogen) atoms. The number of fused-ring (bicyclic) bond motifs is 1. The van der Waals surface area contributed by atoms with Crippen LogP contribution in [0.3, 0.4) is 0 Å². The Balaban J connectivity index is 1.63. The number of carbonyl (C=O) groups is 2. The molecule has 2 amide bonds. The van der Waals surface area contributed by atoms with Crippen LogP contribution in [0.5, 0.6) is 5.75 Å². The van der Waals surface area contributed by atoms with Crippen LogP contribution >= 0.6 is 0 Å². The molecule has 1 aliphatic rings. The van der Waals surface area contributed by atoms with Crippen LogP contribution in [0.1, 0.15) is 44.4 Å². The summed E-state index contributed by atoms with van der Waals surface area (Å²) < 4.78 is 40.2. The molecule has 1 aliphatic heterocycles. The van der Waals surface area contributed by atoms with E-state index in [4.69, 9.17) is 9.47 Å². The molecule has 0 saturated carbocycles. The lowest BCUT2D eigenvalue weighted by atomic mass is 10.0. The number of hydrogen-bond donors (Lipinski definition) is 1. The van der Waals surface area contributed by atoms with Crippen LogP contribution in [0.25, 0.3) is 11.0 Å². The van der Waals surface area contributed by atoms with Gasteiger partial charge in [-0.25, -0.2) is 18.0 Å². The molecule has 3 aromatic carbocycles. The summed E-state index contributed by atoms with van der Waals surface area (Å²) in [6.07, 6.45) is -0.151. The van der Waals surface area contributed by atoms with Crippen molar-refractivity contribution in [3.8, 4) is 11.8 Å². The first kappa shape index (κ1) is 31.3. The number of hydrogen-bond acceptors (Lipinski definition) is 8. The molecule has 1 unspecified atom stereocenters. The molecular formula is C32H33N5O7S. The van der Waals surface area contributed by atoms with Gasteiger partial charge in [0, 0.05) is 13.1 Å². The Morgan fingerprint density at radius 3 is 2.33 bits per heavy atom. The van der Waals surface area contributed by atoms with Crippen LogP contribution in [0.2, 0.25) is 0 Å². The van der Waals surface area contributed by atoms with Crippen molar-refractivity contribution in [3.05, 3.63) is 94.4 Å². The predicted molar refractivity (Wildman–Crippen MR) is 165 cm³/mol. The van der Waals surface area contributed by atoms with Crippen molar-refractivity contribution in [1.29, 1.82) is 5.26 Å². The molecule has 2 atom stereocenters. The van der Waals surface area contributed by atoms with Gasteiger partial charge in [-0.1, -0.05) is 30.3 Å². The van der Waals surface area contributed by atoms with Gasteiger partial charge < -0.3 is 19.7 Å². The molecule has 234 valence electrons. The molecule has 4 aromatic rings. The van der Waals surface area contributed by atoms with E-state index in [0.29, 0.717) is 21.7 Å². The van der Waals surface area contributed by atoms with Crippen molar-refractivity contribution in [2.45, 2.75) is 49.8 Å². The largest absolute Gasteiger partial charge is 0.497 e. The third-order valence-corrected chi connectivity index (χ3v) is 9.09. The molecule has 0 aliphatic carbocycles. The number of likely N-dealkylation sites (tertiary alicyclic amines) is 1. The van der Waals surface area contributed by atoms with Gasteiger partial charge >= 0.3 is 11.8 Å². The van der Waals surface area contributed by atoms with Gasteiger partial charge in [0.1, 0.15) is 17.4 Å². The molecular weight excluding hydrogens is 598 g/mol. The van der Waals surface area contributed by atoms with Gasteiger partial charge in [0.2, 0.25) is 0 Å². The first-order valence-electron chi connectivity index (χ1n) is 14.2. The predicted octanol–water partition coefficient (Wildman–Crippen LogP) is 3.64. The maximum Gasteiger partial charge on any atom is 0.407 e. The lowest BCUT2D eigenvalue weighted by molar-refractivity contribution is -0.132. The number of methoxy groups -OCH3 is 1. The summed E-state index contributed by atoms with van der Waals surface area (Å²) in [4.78, 5) is 42.4. The normalized spacial score (nSPS) is 15.8. The molecule has 1 saturated heterocycles. The second-order valence-corrected chi connectivity index (χ2v) is 13.4. The average molecular weight is 632 g/mol. The van der Waals surface area contributed by atoms with Crippen molar-refractivity contribution >= 4 is 33.1 Å². The number of nitrogens with one attached hydrogen (secondary N) is 1. The van der Waals surface area contributed by atoms with Crippen LogP contribution in [0.15, 0.2) is 82.5 Å². The van der Waals surface area contributed by atoms with Gasteiger partial charge in [-0.05, 0) is 75.2 Å². The second kappa shape index (κ2) is 12.1. The fourth-order valence-electron chi connectivity index (χ4n) is 5.36. The average Bonchev–Trinajstić information content (AvgIpc) is 3.58. The number of imidazole rings is 1. The summed E-state index contributed by atoms with van der Waals surface area (Å²) in [6.45, 7) is 5.69. The third kappa shape index (κ3) is 6.28. The Labute approximate surface area is 260 Å². The van der Waals surface area contributed by atoms with Crippen molar-refractivity contribution < 1.29 is 27.5 Å². The quantitative estimate of drug-likeness (QED) is 0.325. The topological polar surface area (TPSA) is 153 Å². The number of nitriles is 1. The molecule has 0 bridgehead atoms. The van der Waals surface area contributed by atoms with Crippen molar-refractivity contribution in [1.82, 2.24) is 18.8 Å². The number of carbonyl (C=O) groups excluding carboxylic acids is 2. The maximum atomic E-state index is 14.3. The van der Waals surface area contributed by atoms with Crippen LogP contribution in [0.4, 0.5) is 4.79 Å². The summed E-state index contributed by atoms with van der Waals surface area (Å²) in [5.74, 6) is -0.0396. The molecule has 1 fully saturated rings. The number of amides is 2. The second-order valence-electron chi connectivity index (χ2n) is 11.6. The number of ether oxygens (including phenoxy) is 2. The summed E-state index contributed by atoms with van der Waals surface area (Å²) in [5.41, 5.74) is -0.940. The Morgan fingerprint density at radius 2 is 1.71 bits per heavy atom. The molecule has 0 radical (unpaired) electrons. The zero-order valence-electron chi connectivity index (χ0n) is 25.3. The lowest BCUT2D eigenvalue weighted by Crippen LogP contribution is -2.44. The van der Waals surface area contributed by atoms with E-state index in [2.05, 4.69) is 5.32 Å². The fraction of sp³-hybridized carbons (Fsp3) is 0.312. The van der Waals surface area contributed by atoms with Crippen molar-refractivity contribution in [3.63, 3.8) is 0 Å². The van der Waals surface area contributed by atoms with E-state index < -0.39 is 39.4 Å². The van der Waals surface area contributed by atoms with Gasteiger partial charge in [-0.2, -0.15) is 9.23 Å². The van der Waals surface area contributed by atoms with E-state index in [1.54, 1.807) is 51.1 Å². The molecule has 12 nitrogen and oxygen atoms in total. The van der Waals surface area contributed by atoms with Crippen LogP contribution < -0.4 is 15.7 Å². The monoisotopic (exact) mass is 631 g/mol. The van der Waals surface area contributed by atoms with Crippen LogP contribution in [-0.2, 0) is 19.6 Å². The first-order chi connectivity index (χ1) is 21.3. The standard InChI is InChI=1S/C32H33N5O7S/c1-32(2,3)44-30(39)34-23-16-17-35(20-23)29(38)28(22-8-6-5-7-9-22)36-27-18-21(19-33)10-15-26(27)37(31(36)40)45(41,42)25-13-11-24(43-4)12-14-25/h5-15,18,23,28H,16-17,20H2,1-4H3,(H,34,39)/t23-,28?/m0/s1. The summed E-state index contributed by atoms with van der Waals surface area (Å²) in [6, 6.07) is 18.7. The number of alkyl carbamates (subject to hydrolysis) is 1. The SMILES string of the molecule is COc1ccc(S(=O)(=O)n2c(=O)n(C(C(=O)N3CC[C@H](NC(=O)OC(C)(C)C)C3)c3ccccc3)c3cc(C#N)ccc32)cc1. The van der Waals surface area contributed by atoms with Crippen molar-refractivity contribution in [2.24, 2.45) is 0 Å². The van der Waals surface area contributed by atoms with E-state index in [1.165, 1.54) is 54.5 Å². The molecule has 5 rings (SSSR count). The van der Waals surface area contributed by atoms with E-state index in [0.717, 1.165) is 4.57 Å². The van der Waals surface area contributed by atoms with Gasteiger partial charge in [0.25, 0.3) is 15.9 Å². The highest BCUT2D eigenvalue weighted by Crippen LogP contribution is 2.29. The molecule has 0 spiro atoms. The van der Waals surface area contributed by atoms with Crippen molar-refractivity contribution in [2.75, 3.05) is 20.2 Å². The van der Waals surface area contributed by atoms with Gasteiger partial charge in [-0.15, -0.1) is 0 Å². The van der Waals surface area contributed by atoms with Gasteiger partial charge in [0.05, 0.1) is 40.7 Å². The van der Waals surface area contributed by atoms with E-state index in [1.807, 2.05) is 6.07 Å². The zero-order chi connectivity index (χ0) is 32.5. The summed E-state index contributed by atoms with van der Waals surface area (Å²) in [7, 11) is -3.01.